The SMILES string of the molecule is Cc1ncc(NC(=O)COc2ccc3c(C4CCC(=O)NC4=O)nn(C)c3c2)s1. The van der Waals surface area contributed by atoms with Crippen molar-refractivity contribution in [3.05, 3.63) is 35.1 Å². The van der Waals surface area contributed by atoms with Gasteiger partial charge in [0.15, 0.2) is 6.61 Å². The molecule has 1 aliphatic rings. The van der Waals surface area contributed by atoms with Crippen molar-refractivity contribution in [2.45, 2.75) is 25.7 Å². The highest BCUT2D eigenvalue weighted by atomic mass is 32.1. The number of rotatable bonds is 5. The molecule has 150 valence electrons. The standard InChI is InChI=1S/C19H19N5O4S/c1-10-20-8-17(29-10)21-16(26)9-28-11-3-4-12-14(7-11)24(2)23-18(12)13-5-6-15(25)22-19(13)27/h3-4,7-8,13H,5-6,9H2,1-2H3,(H,21,26)(H,22,25,27). The maximum atomic E-state index is 12.2. The largest absolute Gasteiger partial charge is 0.484 e. The predicted octanol–water partition coefficient (Wildman–Crippen LogP) is 1.88. The molecule has 1 fully saturated rings. The molecule has 2 aromatic heterocycles. The molecule has 3 aromatic rings. The number of nitrogens with one attached hydrogen (secondary N) is 2. The Morgan fingerprint density at radius 3 is 2.97 bits per heavy atom. The summed E-state index contributed by atoms with van der Waals surface area (Å²) in [6.45, 7) is 1.73. The number of hydrogen-bond donors (Lipinski definition) is 2. The third-order valence-corrected chi connectivity index (χ3v) is 5.50. The molecule has 3 heterocycles. The maximum Gasteiger partial charge on any atom is 0.262 e. The van der Waals surface area contributed by atoms with E-state index in [-0.39, 0.29) is 24.3 Å². The van der Waals surface area contributed by atoms with Crippen molar-refractivity contribution >= 4 is 45.0 Å². The van der Waals surface area contributed by atoms with Gasteiger partial charge in [-0.1, -0.05) is 0 Å². The molecule has 1 atom stereocenters. The molecule has 0 saturated carbocycles. The molecule has 1 aromatic carbocycles. The van der Waals surface area contributed by atoms with Crippen molar-refractivity contribution < 1.29 is 19.1 Å². The van der Waals surface area contributed by atoms with E-state index in [9.17, 15) is 14.4 Å². The fraction of sp³-hybridized carbons (Fsp3) is 0.316. The lowest BCUT2D eigenvalue weighted by atomic mass is 9.93. The van der Waals surface area contributed by atoms with Crippen LogP contribution >= 0.6 is 11.3 Å². The van der Waals surface area contributed by atoms with Gasteiger partial charge in [-0.3, -0.25) is 24.4 Å². The first kappa shape index (κ1) is 19.1. The molecule has 1 aliphatic heterocycles. The fourth-order valence-corrected chi connectivity index (χ4v) is 4.00. The molecule has 0 aliphatic carbocycles. The highest BCUT2D eigenvalue weighted by molar-refractivity contribution is 7.15. The van der Waals surface area contributed by atoms with E-state index < -0.39 is 5.92 Å². The van der Waals surface area contributed by atoms with Gasteiger partial charge in [0.05, 0.1) is 28.3 Å². The van der Waals surface area contributed by atoms with E-state index in [1.54, 1.807) is 30.1 Å². The minimum absolute atomic E-state index is 0.139. The first-order valence-electron chi connectivity index (χ1n) is 9.06. The second kappa shape index (κ2) is 7.63. The zero-order valence-corrected chi connectivity index (χ0v) is 16.7. The minimum atomic E-state index is -0.461. The molecule has 1 unspecified atom stereocenters. The van der Waals surface area contributed by atoms with Crippen LogP contribution in [-0.4, -0.2) is 39.1 Å². The number of aromatic nitrogens is 3. The smallest absolute Gasteiger partial charge is 0.262 e. The Morgan fingerprint density at radius 2 is 2.24 bits per heavy atom. The van der Waals surface area contributed by atoms with E-state index in [2.05, 4.69) is 20.7 Å². The summed E-state index contributed by atoms with van der Waals surface area (Å²) in [4.78, 5) is 39.7. The number of benzene rings is 1. The molecule has 10 heteroatoms. The summed E-state index contributed by atoms with van der Waals surface area (Å²) in [5.41, 5.74) is 1.41. The van der Waals surface area contributed by atoms with Gasteiger partial charge in [0.25, 0.3) is 5.91 Å². The number of amides is 3. The van der Waals surface area contributed by atoms with Crippen LogP contribution in [0.5, 0.6) is 5.75 Å². The van der Waals surface area contributed by atoms with Gasteiger partial charge in [0.1, 0.15) is 10.8 Å². The predicted molar refractivity (Wildman–Crippen MR) is 107 cm³/mol. The number of hydrogen-bond acceptors (Lipinski definition) is 7. The minimum Gasteiger partial charge on any atom is -0.484 e. The number of thiazole rings is 1. The summed E-state index contributed by atoms with van der Waals surface area (Å²) in [6.07, 6.45) is 2.34. The average molecular weight is 413 g/mol. The van der Waals surface area contributed by atoms with Gasteiger partial charge in [-0.05, 0) is 25.5 Å². The number of ether oxygens (including phenoxy) is 1. The number of aryl methyl sites for hydroxylation is 2. The normalized spacial score (nSPS) is 16.7. The fourth-order valence-electron chi connectivity index (χ4n) is 3.31. The Labute approximate surface area is 170 Å². The molecule has 29 heavy (non-hydrogen) atoms. The van der Waals surface area contributed by atoms with Crippen molar-refractivity contribution in [3.8, 4) is 5.75 Å². The van der Waals surface area contributed by atoms with Crippen LogP contribution in [0.25, 0.3) is 10.9 Å². The monoisotopic (exact) mass is 413 g/mol. The number of anilines is 1. The van der Waals surface area contributed by atoms with Crippen molar-refractivity contribution in [3.63, 3.8) is 0 Å². The Bertz CT molecular complexity index is 1120. The summed E-state index contributed by atoms with van der Waals surface area (Å²) >= 11 is 1.39. The van der Waals surface area contributed by atoms with E-state index in [1.807, 2.05) is 13.0 Å². The number of fused-ring (bicyclic) bond motifs is 1. The Hall–Kier alpha value is -3.27. The van der Waals surface area contributed by atoms with E-state index in [0.29, 0.717) is 29.3 Å². The van der Waals surface area contributed by atoms with Crippen LogP contribution < -0.4 is 15.4 Å². The summed E-state index contributed by atoms with van der Waals surface area (Å²) in [5.74, 6) is -0.795. The van der Waals surface area contributed by atoms with E-state index in [0.717, 1.165) is 15.9 Å². The molecule has 0 bridgehead atoms. The van der Waals surface area contributed by atoms with Crippen molar-refractivity contribution in [1.29, 1.82) is 0 Å². The number of nitrogens with zero attached hydrogens (tertiary/aromatic N) is 3. The van der Waals surface area contributed by atoms with Gasteiger partial charge >= 0.3 is 0 Å². The molecule has 1 saturated heterocycles. The second-order valence-corrected chi connectivity index (χ2v) is 8.01. The maximum absolute atomic E-state index is 12.2. The number of imide groups is 1. The van der Waals surface area contributed by atoms with Crippen molar-refractivity contribution in [1.82, 2.24) is 20.1 Å². The highest BCUT2D eigenvalue weighted by Crippen LogP contribution is 2.31. The zero-order valence-electron chi connectivity index (χ0n) is 15.9. The van der Waals surface area contributed by atoms with Gasteiger partial charge < -0.3 is 10.1 Å². The van der Waals surface area contributed by atoms with Crippen LogP contribution in [0, 0.1) is 6.92 Å². The van der Waals surface area contributed by atoms with Gasteiger partial charge in [0.2, 0.25) is 11.8 Å². The van der Waals surface area contributed by atoms with Gasteiger partial charge in [-0.15, -0.1) is 11.3 Å². The average Bonchev–Trinajstić information content (AvgIpc) is 3.23. The Kier molecular flexibility index (Phi) is 5.01. The lowest BCUT2D eigenvalue weighted by Crippen LogP contribution is -2.39. The van der Waals surface area contributed by atoms with Crippen LogP contribution in [0.2, 0.25) is 0 Å². The Balaban J connectivity index is 1.48. The number of carbonyl (C=O) groups is 3. The first-order chi connectivity index (χ1) is 13.9. The van der Waals surface area contributed by atoms with E-state index >= 15 is 0 Å². The second-order valence-electron chi connectivity index (χ2n) is 6.77. The zero-order chi connectivity index (χ0) is 20.5. The quantitative estimate of drug-likeness (QED) is 0.617. The van der Waals surface area contributed by atoms with Crippen molar-refractivity contribution in [2.24, 2.45) is 7.05 Å². The molecule has 4 rings (SSSR count). The van der Waals surface area contributed by atoms with Crippen LogP contribution in [0.15, 0.2) is 24.4 Å². The number of piperidine rings is 1. The first-order valence-corrected chi connectivity index (χ1v) is 9.88. The Morgan fingerprint density at radius 1 is 1.41 bits per heavy atom. The summed E-state index contributed by atoms with van der Waals surface area (Å²) in [7, 11) is 1.78. The summed E-state index contributed by atoms with van der Waals surface area (Å²) in [6, 6.07) is 5.34. The molecule has 2 N–H and O–H groups in total. The van der Waals surface area contributed by atoms with Gasteiger partial charge in [0, 0.05) is 24.9 Å². The van der Waals surface area contributed by atoms with Crippen LogP contribution in [0.1, 0.15) is 29.5 Å². The van der Waals surface area contributed by atoms with E-state index in [4.69, 9.17) is 4.74 Å². The topological polar surface area (TPSA) is 115 Å². The third kappa shape index (κ3) is 3.97. The molecular formula is C19H19N5O4S. The van der Waals surface area contributed by atoms with E-state index in [1.165, 1.54) is 11.3 Å². The molecule has 0 radical (unpaired) electrons. The molecule has 9 nitrogen and oxygen atoms in total. The highest BCUT2D eigenvalue weighted by Gasteiger charge is 2.31. The van der Waals surface area contributed by atoms with Crippen LogP contribution in [-0.2, 0) is 21.4 Å². The van der Waals surface area contributed by atoms with Crippen molar-refractivity contribution in [2.75, 3.05) is 11.9 Å². The third-order valence-electron chi connectivity index (χ3n) is 4.67. The van der Waals surface area contributed by atoms with Crippen LogP contribution in [0.3, 0.4) is 0 Å². The summed E-state index contributed by atoms with van der Waals surface area (Å²) in [5, 5.41) is 12.0. The summed E-state index contributed by atoms with van der Waals surface area (Å²) < 4.78 is 7.28. The molecular weight excluding hydrogens is 394 g/mol. The molecule has 0 spiro atoms. The van der Waals surface area contributed by atoms with Gasteiger partial charge in [-0.2, -0.15) is 5.10 Å². The lowest BCUT2D eigenvalue weighted by Gasteiger charge is -2.19. The number of carbonyl (C=O) groups excluding carboxylic acids is 3. The molecule has 3 amide bonds. The van der Waals surface area contributed by atoms with Gasteiger partial charge in [-0.25, -0.2) is 4.98 Å². The lowest BCUT2D eigenvalue weighted by molar-refractivity contribution is -0.134. The van der Waals surface area contributed by atoms with Crippen LogP contribution in [0.4, 0.5) is 5.00 Å².